The number of nitrogens with zero attached hydrogens (tertiary/aromatic N) is 1. The molecule has 0 saturated carbocycles. The Morgan fingerprint density at radius 3 is 2.08 bits per heavy atom. The van der Waals surface area contributed by atoms with Crippen LogP contribution in [-0.4, -0.2) is 31.1 Å². The standard InChI is InChI=1S/C30H24ClN3O5/c1-19-3-5-20(6-4-19)28(35)33-25-12-7-21(8-13-25)29(36)34-32-18-23-17-24(31)11-16-27(23)39-30(37)22-9-14-26(38-2)15-10-22/h3-18H,1-2H3,(H,33,35)(H,34,36)/b32-18+. The maximum absolute atomic E-state index is 12.6. The van der Waals surface area contributed by atoms with Crippen LogP contribution < -0.4 is 20.2 Å². The quantitative estimate of drug-likeness (QED) is 0.125. The van der Waals surface area contributed by atoms with Crippen molar-refractivity contribution >= 4 is 41.3 Å². The minimum Gasteiger partial charge on any atom is -0.497 e. The molecule has 0 aliphatic rings. The van der Waals surface area contributed by atoms with Crippen molar-refractivity contribution in [2.45, 2.75) is 6.92 Å². The second-order valence-corrected chi connectivity index (χ2v) is 8.83. The van der Waals surface area contributed by atoms with Crippen LogP contribution in [0.25, 0.3) is 0 Å². The molecule has 0 saturated heterocycles. The average molecular weight is 542 g/mol. The summed E-state index contributed by atoms with van der Waals surface area (Å²) in [6.45, 7) is 1.95. The number of carbonyl (C=O) groups is 3. The zero-order valence-electron chi connectivity index (χ0n) is 21.1. The largest absolute Gasteiger partial charge is 0.497 e. The molecule has 196 valence electrons. The third kappa shape index (κ3) is 7.30. The predicted octanol–water partition coefficient (Wildman–Crippen LogP) is 5.89. The molecule has 0 bridgehead atoms. The lowest BCUT2D eigenvalue weighted by Crippen LogP contribution is -2.18. The Morgan fingerprint density at radius 2 is 1.41 bits per heavy atom. The first-order valence-electron chi connectivity index (χ1n) is 11.8. The zero-order valence-corrected chi connectivity index (χ0v) is 21.9. The molecule has 8 nitrogen and oxygen atoms in total. The number of nitrogens with one attached hydrogen (secondary N) is 2. The van der Waals surface area contributed by atoms with Gasteiger partial charge < -0.3 is 14.8 Å². The normalized spacial score (nSPS) is 10.6. The van der Waals surface area contributed by atoms with Gasteiger partial charge in [-0.3, -0.25) is 9.59 Å². The number of rotatable bonds is 8. The molecule has 4 aromatic carbocycles. The summed E-state index contributed by atoms with van der Waals surface area (Å²) in [5.41, 5.74) is 5.62. The minimum atomic E-state index is -0.576. The summed E-state index contributed by atoms with van der Waals surface area (Å²) in [5.74, 6) is -0.466. The van der Waals surface area contributed by atoms with E-state index in [0.29, 0.717) is 38.7 Å². The summed E-state index contributed by atoms with van der Waals surface area (Å²) in [7, 11) is 1.54. The lowest BCUT2D eigenvalue weighted by Gasteiger charge is -2.09. The first kappa shape index (κ1) is 27.1. The summed E-state index contributed by atoms with van der Waals surface area (Å²) >= 11 is 6.10. The maximum Gasteiger partial charge on any atom is 0.343 e. The summed E-state index contributed by atoms with van der Waals surface area (Å²) in [5, 5.41) is 7.17. The fourth-order valence-corrected chi connectivity index (χ4v) is 3.62. The molecular formula is C30H24ClN3O5. The van der Waals surface area contributed by atoms with E-state index in [0.717, 1.165) is 5.56 Å². The van der Waals surface area contributed by atoms with Gasteiger partial charge in [-0.2, -0.15) is 5.10 Å². The first-order valence-corrected chi connectivity index (χ1v) is 12.2. The first-order chi connectivity index (χ1) is 18.8. The lowest BCUT2D eigenvalue weighted by molar-refractivity contribution is 0.0733. The molecule has 0 spiro atoms. The van der Waals surface area contributed by atoms with Crippen molar-refractivity contribution in [1.29, 1.82) is 0 Å². The van der Waals surface area contributed by atoms with Crippen molar-refractivity contribution in [3.05, 3.63) is 124 Å². The Hall–Kier alpha value is -4.95. The highest BCUT2D eigenvalue weighted by atomic mass is 35.5. The second-order valence-electron chi connectivity index (χ2n) is 8.40. The second kappa shape index (κ2) is 12.5. The van der Waals surface area contributed by atoms with Gasteiger partial charge in [-0.15, -0.1) is 0 Å². The van der Waals surface area contributed by atoms with E-state index >= 15 is 0 Å². The Morgan fingerprint density at radius 1 is 0.795 bits per heavy atom. The van der Waals surface area contributed by atoms with Gasteiger partial charge in [-0.1, -0.05) is 29.3 Å². The molecule has 39 heavy (non-hydrogen) atoms. The van der Waals surface area contributed by atoms with Crippen LogP contribution in [-0.2, 0) is 0 Å². The monoisotopic (exact) mass is 541 g/mol. The fourth-order valence-electron chi connectivity index (χ4n) is 3.44. The Labute approximate surface area is 230 Å². The molecule has 2 amide bonds. The highest BCUT2D eigenvalue weighted by Crippen LogP contribution is 2.23. The topological polar surface area (TPSA) is 106 Å². The number of carbonyl (C=O) groups excluding carboxylic acids is 3. The number of halogens is 1. The molecule has 4 rings (SSSR count). The Kier molecular flexibility index (Phi) is 8.71. The van der Waals surface area contributed by atoms with Crippen LogP contribution in [0.2, 0.25) is 5.02 Å². The molecule has 9 heteroatoms. The molecule has 0 unspecified atom stereocenters. The van der Waals surface area contributed by atoms with Crippen LogP contribution in [0.5, 0.6) is 11.5 Å². The van der Waals surface area contributed by atoms with Crippen molar-refractivity contribution in [2.24, 2.45) is 5.10 Å². The van der Waals surface area contributed by atoms with Crippen molar-refractivity contribution in [3.63, 3.8) is 0 Å². The highest BCUT2D eigenvalue weighted by molar-refractivity contribution is 6.31. The van der Waals surface area contributed by atoms with E-state index in [-0.39, 0.29) is 11.7 Å². The van der Waals surface area contributed by atoms with Gasteiger partial charge in [0.2, 0.25) is 0 Å². The van der Waals surface area contributed by atoms with E-state index < -0.39 is 11.9 Å². The Balaban J connectivity index is 1.38. The maximum atomic E-state index is 12.6. The average Bonchev–Trinajstić information content (AvgIpc) is 2.95. The van der Waals surface area contributed by atoms with Gasteiger partial charge >= 0.3 is 5.97 Å². The van der Waals surface area contributed by atoms with Gasteiger partial charge in [-0.25, -0.2) is 10.2 Å². The number of methoxy groups -OCH3 is 1. The molecule has 0 radical (unpaired) electrons. The van der Waals surface area contributed by atoms with E-state index in [1.54, 1.807) is 72.8 Å². The van der Waals surface area contributed by atoms with Crippen molar-refractivity contribution in [1.82, 2.24) is 5.43 Å². The van der Waals surface area contributed by atoms with Crippen LogP contribution in [0.15, 0.2) is 96.1 Å². The zero-order chi connectivity index (χ0) is 27.8. The van der Waals surface area contributed by atoms with Gasteiger partial charge in [0.25, 0.3) is 11.8 Å². The number of hydrazone groups is 1. The summed E-state index contributed by atoms with van der Waals surface area (Å²) in [6.07, 6.45) is 1.33. The minimum absolute atomic E-state index is 0.215. The number of benzene rings is 4. The van der Waals surface area contributed by atoms with E-state index in [9.17, 15) is 14.4 Å². The number of esters is 1. The van der Waals surface area contributed by atoms with Gasteiger partial charge in [-0.05, 0) is 85.8 Å². The highest BCUT2D eigenvalue weighted by Gasteiger charge is 2.13. The molecule has 0 atom stereocenters. The van der Waals surface area contributed by atoms with Crippen LogP contribution in [0, 0.1) is 6.92 Å². The third-order valence-corrected chi connectivity index (χ3v) is 5.82. The summed E-state index contributed by atoms with van der Waals surface area (Å²) in [6, 6.07) is 24.7. The van der Waals surface area contributed by atoms with E-state index in [1.165, 1.54) is 19.4 Å². The van der Waals surface area contributed by atoms with Crippen LogP contribution in [0.1, 0.15) is 42.2 Å². The number of hydrogen-bond acceptors (Lipinski definition) is 6. The van der Waals surface area contributed by atoms with Crippen molar-refractivity contribution in [2.75, 3.05) is 12.4 Å². The summed E-state index contributed by atoms with van der Waals surface area (Å²) < 4.78 is 10.6. The van der Waals surface area contributed by atoms with Crippen LogP contribution in [0.4, 0.5) is 5.69 Å². The van der Waals surface area contributed by atoms with Gasteiger partial charge in [0.1, 0.15) is 11.5 Å². The van der Waals surface area contributed by atoms with E-state index in [4.69, 9.17) is 21.1 Å². The number of aryl methyl sites for hydroxylation is 1. The Bertz CT molecular complexity index is 1520. The van der Waals surface area contributed by atoms with Gasteiger partial charge in [0.15, 0.2) is 0 Å². The van der Waals surface area contributed by atoms with Gasteiger partial charge in [0, 0.05) is 27.4 Å². The molecule has 0 aliphatic carbocycles. The summed E-state index contributed by atoms with van der Waals surface area (Å²) in [4.78, 5) is 37.5. The number of ether oxygens (including phenoxy) is 2. The van der Waals surface area contributed by atoms with Crippen molar-refractivity contribution in [3.8, 4) is 11.5 Å². The lowest BCUT2D eigenvalue weighted by atomic mass is 10.1. The van der Waals surface area contributed by atoms with Crippen LogP contribution in [0.3, 0.4) is 0 Å². The van der Waals surface area contributed by atoms with E-state index in [2.05, 4.69) is 15.8 Å². The third-order valence-electron chi connectivity index (χ3n) is 5.59. The van der Waals surface area contributed by atoms with Crippen LogP contribution >= 0.6 is 11.6 Å². The fraction of sp³-hybridized carbons (Fsp3) is 0.0667. The predicted molar refractivity (Wildman–Crippen MR) is 150 cm³/mol. The molecule has 0 fully saturated rings. The molecule has 0 aromatic heterocycles. The smallest absolute Gasteiger partial charge is 0.343 e. The van der Waals surface area contributed by atoms with Gasteiger partial charge in [0.05, 0.1) is 18.9 Å². The number of hydrogen-bond donors (Lipinski definition) is 2. The molecule has 2 N–H and O–H groups in total. The number of anilines is 1. The van der Waals surface area contributed by atoms with Crippen molar-refractivity contribution < 1.29 is 23.9 Å². The SMILES string of the molecule is COc1ccc(C(=O)Oc2ccc(Cl)cc2/C=N/NC(=O)c2ccc(NC(=O)c3ccc(C)cc3)cc2)cc1. The number of amides is 2. The van der Waals surface area contributed by atoms with E-state index in [1.807, 2.05) is 19.1 Å². The molecule has 4 aromatic rings. The molecule has 0 heterocycles. The molecular weight excluding hydrogens is 518 g/mol. The molecule has 0 aliphatic heterocycles.